The van der Waals surface area contributed by atoms with Gasteiger partial charge in [0.1, 0.15) is 5.75 Å². The number of benzene rings is 1. The predicted molar refractivity (Wildman–Crippen MR) is 65.2 cm³/mol. The minimum Gasteiger partial charge on any atom is -0.496 e. The number of hydrogen-bond donors (Lipinski definition) is 1. The topological polar surface area (TPSA) is 29.5 Å². The highest BCUT2D eigenvalue weighted by atomic mass is 79.9. The maximum Gasteiger partial charge on any atom is 0.133 e. The average molecular weight is 271 g/mol. The van der Waals surface area contributed by atoms with Gasteiger partial charge < -0.3 is 9.84 Å². The van der Waals surface area contributed by atoms with Gasteiger partial charge in [0.2, 0.25) is 0 Å². The maximum atomic E-state index is 9.60. The third-order valence-corrected chi connectivity index (χ3v) is 2.75. The molecule has 0 aliphatic rings. The molecule has 0 aromatic heterocycles. The fourth-order valence-corrected chi connectivity index (χ4v) is 1.97. The summed E-state index contributed by atoms with van der Waals surface area (Å²) in [4.78, 5) is 0. The highest BCUT2D eigenvalue weighted by Crippen LogP contribution is 2.26. The molecule has 1 aromatic rings. The second kappa shape index (κ2) is 5.93. The lowest BCUT2D eigenvalue weighted by molar-refractivity contribution is 0.178. The molecule has 0 fully saturated rings. The van der Waals surface area contributed by atoms with Crippen LogP contribution in [0.1, 0.15) is 12.0 Å². The van der Waals surface area contributed by atoms with Crippen molar-refractivity contribution >= 4 is 15.9 Å². The monoisotopic (exact) mass is 270 g/mol. The number of ether oxygens (including phenoxy) is 1. The molecule has 15 heavy (non-hydrogen) atoms. The number of hydrogen-bond acceptors (Lipinski definition) is 2. The zero-order valence-corrected chi connectivity index (χ0v) is 10.3. The normalized spacial score (nSPS) is 12.2. The van der Waals surface area contributed by atoms with Crippen LogP contribution in [0.2, 0.25) is 0 Å². The average Bonchev–Trinajstić information content (AvgIpc) is 2.18. The Labute approximate surface area is 98.7 Å². The highest BCUT2D eigenvalue weighted by Gasteiger charge is 2.06. The van der Waals surface area contributed by atoms with Gasteiger partial charge in [0.15, 0.2) is 0 Å². The molecule has 0 aliphatic carbocycles. The summed E-state index contributed by atoms with van der Waals surface area (Å²) in [5.41, 5.74) is 1.08. The first-order chi connectivity index (χ1) is 7.17. The summed E-state index contributed by atoms with van der Waals surface area (Å²) in [5, 5.41) is 9.60. The van der Waals surface area contributed by atoms with Crippen LogP contribution in [0.5, 0.6) is 5.75 Å². The molecule has 1 unspecified atom stereocenters. The van der Waals surface area contributed by atoms with Crippen molar-refractivity contribution in [2.24, 2.45) is 0 Å². The van der Waals surface area contributed by atoms with Crippen molar-refractivity contribution in [1.29, 1.82) is 0 Å². The van der Waals surface area contributed by atoms with Gasteiger partial charge in [-0.1, -0.05) is 12.1 Å². The number of halogens is 1. The Morgan fingerprint density at radius 1 is 1.60 bits per heavy atom. The molecule has 0 saturated heterocycles. The van der Waals surface area contributed by atoms with E-state index >= 15 is 0 Å². The third-order valence-electron chi connectivity index (χ3n) is 2.13. The summed E-state index contributed by atoms with van der Waals surface area (Å²) in [7, 11) is 1.63. The van der Waals surface area contributed by atoms with Crippen molar-refractivity contribution in [3.63, 3.8) is 0 Å². The van der Waals surface area contributed by atoms with E-state index in [1.54, 1.807) is 13.2 Å². The quantitative estimate of drug-likeness (QED) is 0.834. The van der Waals surface area contributed by atoms with E-state index in [-0.39, 0.29) is 6.10 Å². The number of aliphatic hydroxyl groups excluding tert-OH is 1. The van der Waals surface area contributed by atoms with Crippen molar-refractivity contribution in [2.45, 2.75) is 18.9 Å². The Morgan fingerprint density at radius 2 is 2.33 bits per heavy atom. The molecular weight excluding hydrogens is 256 g/mol. The molecule has 0 aliphatic heterocycles. The summed E-state index contributed by atoms with van der Waals surface area (Å²) in [6, 6.07) is 5.81. The van der Waals surface area contributed by atoms with Crippen molar-refractivity contribution in [1.82, 2.24) is 0 Å². The maximum absolute atomic E-state index is 9.60. The molecule has 82 valence electrons. The van der Waals surface area contributed by atoms with Crippen LogP contribution in [0, 0.1) is 0 Å². The van der Waals surface area contributed by atoms with Gasteiger partial charge >= 0.3 is 0 Å². The van der Waals surface area contributed by atoms with Gasteiger partial charge in [-0.25, -0.2) is 0 Å². The van der Waals surface area contributed by atoms with Gasteiger partial charge in [0.05, 0.1) is 17.7 Å². The Balaban J connectivity index is 2.70. The molecular formula is C12H15BrO2. The van der Waals surface area contributed by atoms with E-state index in [9.17, 15) is 5.11 Å². The number of aliphatic hydroxyl groups is 1. The van der Waals surface area contributed by atoms with E-state index in [1.165, 1.54) is 0 Å². The van der Waals surface area contributed by atoms with Crippen LogP contribution in [-0.2, 0) is 6.42 Å². The van der Waals surface area contributed by atoms with Gasteiger partial charge in [0, 0.05) is 0 Å². The Morgan fingerprint density at radius 3 is 2.87 bits per heavy atom. The molecule has 0 spiro atoms. The summed E-state index contributed by atoms with van der Waals surface area (Å²) in [6.45, 7) is 3.60. The second-order valence-electron chi connectivity index (χ2n) is 3.35. The third kappa shape index (κ3) is 3.68. The second-order valence-corrected chi connectivity index (χ2v) is 4.21. The van der Waals surface area contributed by atoms with E-state index in [0.29, 0.717) is 12.8 Å². The fraction of sp³-hybridized carbons (Fsp3) is 0.333. The standard InChI is InChI=1S/C12H15BrO2/c1-3-4-10(14)7-9-5-6-12(15-2)11(13)8-9/h3,5-6,8,10,14H,1,4,7H2,2H3. The highest BCUT2D eigenvalue weighted by molar-refractivity contribution is 9.10. The van der Waals surface area contributed by atoms with Crippen LogP contribution in [0.25, 0.3) is 0 Å². The van der Waals surface area contributed by atoms with E-state index in [4.69, 9.17) is 4.74 Å². The van der Waals surface area contributed by atoms with Crippen LogP contribution in [0.3, 0.4) is 0 Å². The van der Waals surface area contributed by atoms with Crippen molar-refractivity contribution in [3.05, 3.63) is 40.9 Å². The van der Waals surface area contributed by atoms with Crippen LogP contribution >= 0.6 is 15.9 Å². The molecule has 0 amide bonds. The van der Waals surface area contributed by atoms with Crippen molar-refractivity contribution in [2.75, 3.05) is 7.11 Å². The summed E-state index contributed by atoms with van der Waals surface area (Å²) < 4.78 is 6.04. The molecule has 1 atom stereocenters. The summed E-state index contributed by atoms with van der Waals surface area (Å²) >= 11 is 3.41. The van der Waals surface area contributed by atoms with E-state index in [1.807, 2.05) is 18.2 Å². The zero-order chi connectivity index (χ0) is 11.3. The SMILES string of the molecule is C=CCC(O)Cc1ccc(OC)c(Br)c1. The first kappa shape index (κ1) is 12.3. The van der Waals surface area contributed by atoms with Crippen LogP contribution in [-0.4, -0.2) is 18.3 Å². The zero-order valence-electron chi connectivity index (χ0n) is 8.74. The lowest BCUT2D eigenvalue weighted by Crippen LogP contribution is -2.08. The first-order valence-corrected chi connectivity index (χ1v) is 5.58. The minimum absolute atomic E-state index is 0.359. The van der Waals surface area contributed by atoms with Gasteiger partial charge in [-0.05, 0) is 46.5 Å². The molecule has 1 N–H and O–H groups in total. The fourth-order valence-electron chi connectivity index (χ4n) is 1.38. The summed E-state index contributed by atoms with van der Waals surface area (Å²) in [6.07, 6.45) is 2.62. The summed E-state index contributed by atoms with van der Waals surface area (Å²) in [5.74, 6) is 0.803. The lowest BCUT2D eigenvalue weighted by atomic mass is 10.1. The molecule has 1 rings (SSSR count). The molecule has 2 nitrogen and oxygen atoms in total. The number of methoxy groups -OCH3 is 1. The lowest BCUT2D eigenvalue weighted by Gasteiger charge is -2.09. The molecule has 3 heteroatoms. The smallest absolute Gasteiger partial charge is 0.133 e. The van der Waals surface area contributed by atoms with Crippen molar-refractivity contribution in [3.8, 4) is 5.75 Å². The van der Waals surface area contributed by atoms with Gasteiger partial charge in [0.25, 0.3) is 0 Å². The predicted octanol–water partition coefficient (Wildman–Crippen LogP) is 2.94. The number of rotatable bonds is 5. The van der Waals surface area contributed by atoms with Gasteiger partial charge in [-0.2, -0.15) is 0 Å². The Bertz CT molecular complexity index is 336. The molecule has 0 heterocycles. The van der Waals surface area contributed by atoms with Crippen LogP contribution in [0.4, 0.5) is 0 Å². The van der Waals surface area contributed by atoms with Crippen molar-refractivity contribution < 1.29 is 9.84 Å². The molecule has 0 bridgehead atoms. The van der Waals surface area contributed by atoms with Gasteiger partial charge in [-0.15, -0.1) is 6.58 Å². The molecule has 1 aromatic carbocycles. The molecule has 0 radical (unpaired) electrons. The molecule has 0 saturated carbocycles. The van der Waals surface area contributed by atoms with E-state index < -0.39 is 0 Å². The van der Waals surface area contributed by atoms with E-state index in [2.05, 4.69) is 22.5 Å². The van der Waals surface area contributed by atoms with E-state index in [0.717, 1.165) is 15.8 Å². The largest absolute Gasteiger partial charge is 0.496 e. The van der Waals surface area contributed by atoms with Gasteiger partial charge in [-0.3, -0.25) is 0 Å². The Hall–Kier alpha value is -0.800. The van der Waals surface area contributed by atoms with Crippen LogP contribution in [0.15, 0.2) is 35.3 Å². The first-order valence-electron chi connectivity index (χ1n) is 4.78. The Kier molecular flexibility index (Phi) is 4.85. The minimum atomic E-state index is -0.359. The van der Waals surface area contributed by atoms with Crippen LogP contribution < -0.4 is 4.74 Å².